The maximum Gasteiger partial charge on any atom is 0.573 e. The van der Waals surface area contributed by atoms with Gasteiger partial charge in [0.25, 0.3) is 0 Å². The van der Waals surface area contributed by atoms with Crippen molar-refractivity contribution in [3.8, 4) is 11.5 Å². The molecule has 0 N–H and O–H groups in total. The van der Waals surface area contributed by atoms with Crippen molar-refractivity contribution < 1.29 is 40.6 Å². The SMILES string of the molecule is O=C(C1(c2ccc(OC(F)(F)F)cc2)CCC1)C1(c2ccc(OC(F)(F)F)cc2)CCC1. The summed E-state index contributed by atoms with van der Waals surface area (Å²) < 4.78 is 82.5. The third-order valence-electron chi connectivity index (χ3n) is 6.56. The fourth-order valence-corrected chi connectivity index (χ4v) is 4.76. The zero-order valence-electron chi connectivity index (χ0n) is 16.9. The second-order valence-corrected chi connectivity index (χ2v) is 8.34. The van der Waals surface area contributed by atoms with Crippen molar-refractivity contribution in [3.63, 3.8) is 0 Å². The van der Waals surface area contributed by atoms with Crippen LogP contribution in [0.1, 0.15) is 49.7 Å². The van der Waals surface area contributed by atoms with E-state index in [1.54, 1.807) is 0 Å². The number of carbonyl (C=O) groups is 1. The molecule has 2 aromatic carbocycles. The van der Waals surface area contributed by atoms with E-state index in [0.29, 0.717) is 36.8 Å². The minimum atomic E-state index is -4.80. The van der Waals surface area contributed by atoms with Crippen LogP contribution in [0.2, 0.25) is 0 Å². The summed E-state index contributed by atoms with van der Waals surface area (Å²) in [7, 11) is 0. The normalized spacial score (nSPS) is 19.4. The van der Waals surface area contributed by atoms with Gasteiger partial charge < -0.3 is 9.47 Å². The predicted octanol–water partition coefficient (Wildman–Crippen LogP) is 6.60. The highest BCUT2D eigenvalue weighted by atomic mass is 19.4. The monoisotopic (exact) mass is 458 g/mol. The van der Waals surface area contributed by atoms with Crippen molar-refractivity contribution in [3.05, 3.63) is 59.7 Å². The highest BCUT2D eigenvalue weighted by Crippen LogP contribution is 2.55. The molecule has 0 radical (unpaired) electrons. The van der Waals surface area contributed by atoms with Gasteiger partial charge in [-0.05, 0) is 61.1 Å². The third-order valence-corrected chi connectivity index (χ3v) is 6.56. The van der Waals surface area contributed by atoms with Crippen LogP contribution >= 0.6 is 0 Å². The Kier molecular flexibility index (Phi) is 5.41. The Hall–Kier alpha value is -2.71. The lowest BCUT2D eigenvalue weighted by atomic mass is 9.50. The number of ketones is 1. The zero-order valence-corrected chi connectivity index (χ0v) is 16.9. The maximum atomic E-state index is 13.9. The van der Waals surface area contributed by atoms with Gasteiger partial charge in [0.05, 0.1) is 10.8 Å². The number of halogens is 6. The molecule has 172 valence electrons. The van der Waals surface area contributed by atoms with Gasteiger partial charge in [0.15, 0.2) is 5.78 Å². The van der Waals surface area contributed by atoms with Gasteiger partial charge in [-0.25, -0.2) is 0 Å². The summed E-state index contributed by atoms with van der Waals surface area (Å²) >= 11 is 0. The van der Waals surface area contributed by atoms with Crippen LogP contribution in [-0.4, -0.2) is 18.5 Å². The topological polar surface area (TPSA) is 35.5 Å². The van der Waals surface area contributed by atoms with E-state index in [1.165, 1.54) is 48.5 Å². The van der Waals surface area contributed by atoms with Gasteiger partial charge in [0.1, 0.15) is 11.5 Å². The molecule has 0 atom stereocenters. The number of hydrogen-bond acceptors (Lipinski definition) is 3. The number of carbonyl (C=O) groups excluding carboxylic acids is 1. The number of benzene rings is 2. The van der Waals surface area contributed by atoms with Crippen molar-refractivity contribution in [2.24, 2.45) is 0 Å². The van der Waals surface area contributed by atoms with Crippen LogP contribution in [0.3, 0.4) is 0 Å². The quantitative estimate of drug-likeness (QED) is 0.458. The predicted molar refractivity (Wildman–Crippen MR) is 102 cm³/mol. The lowest BCUT2D eigenvalue weighted by Gasteiger charge is -2.51. The summed E-state index contributed by atoms with van der Waals surface area (Å²) in [5.74, 6) is -0.750. The number of Topliss-reactive ketones (excluding diaryl/α,β-unsaturated/α-hetero) is 1. The lowest BCUT2D eigenvalue weighted by Crippen LogP contribution is -2.55. The molecular weight excluding hydrogens is 438 g/mol. The Morgan fingerprint density at radius 2 is 0.938 bits per heavy atom. The number of ether oxygens (including phenoxy) is 2. The summed E-state index contributed by atoms with van der Waals surface area (Å²) in [5.41, 5.74) is -0.380. The molecule has 0 spiro atoms. The molecule has 2 fully saturated rings. The van der Waals surface area contributed by atoms with Crippen LogP contribution in [-0.2, 0) is 15.6 Å². The minimum Gasteiger partial charge on any atom is -0.406 e. The van der Waals surface area contributed by atoms with Crippen molar-refractivity contribution in [1.82, 2.24) is 0 Å². The van der Waals surface area contributed by atoms with E-state index in [4.69, 9.17) is 0 Å². The first-order chi connectivity index (χ1) is 14.9. The molecule has 0 heterocycles. The molecule has 0 aromatic heterocycles. The smallest absolute Gasteiger partial charge is 0.406 e. The second-order valence-electron chi connectivity index (χ2n) is 8.34. The number of rotatable bonds is 6. The van der Waals surface area contributed by atoms with Gasteiger partial charge in [0.2, 0.25) is 0 Å². The maximum absolute atomic E-state index is 13.9. The van der Waals surface area contributed by atoms with Gasteiger partial charge in [-0.1, -0.05) is 37.1 Å². The second kappa shape index (κ2) is 7.71. The van der Waals surface area contributed by atoms with Crippen LogP contribution < -0.4 is 9.47 Å². The molecule has 2 aliphatic carbocycles. The zero-order chi connectivity index (χ0) is 23.2. The van der Waals surface area contributed by atoms with Gasteiger partial charge >= 0.3 is 12.7 Å². The summed E-state index contributed by atoms with van der Waals surface area (Å²) in [6.45, 7) is 0. The van der Waals surface area contributed by atoms with Gasteiger partial charge in [-0.2, -0.15) is 0 Å². The van der Waals surface area contributed by atoms with Crippen LogP contribution in [0.15, 0.2) is 48.5 Å². The van der Waals surface area contributed by atoms with Crippen LogP contribution in [0.25, 0.3) is 0 Å². The van der Waals surface area contributed by atoms with E-state index in [0.717, 1.165) is 12.8 Å². The Bertz CT molecular complexity index is 889. The summed E-state index contributed by atoms with van der Waals surface area (Å²) in [6.07, 6.45) is -5.70. The van der Waals surface area contributed by atoms with E-state index in [9.17, 15) is 31.1 Å². The molecular formula is C23H20F6O3. The number of alkyl halides is 6. The summed E-state index contributed by atoms with van der Waals surface area (Å²) in [4.78, 5) is 13.9. The van der Waals surface area contributed by atoms with E-state index in [2.05, 4.69) is 9.47 Å². The molecule has 0 unspecified atom stereocenters. The van der Waals surface area contributed by atoms with Crippen molar-refractivity contribution in [2.45, 2.75) is 62.1 Å². The molecule has 0 amide bonds. The average molecular weight is 458 g/mol. The molecule has 2 saturated carbocycles. The fourth-order valence-electron chi connectivity index (χ4n) is 4.76. The van der Waals surface area contributed by atoms with Crippen molar-refractivity contribution in [2.75, 3.05) is 0 Å². The van der Waals surface area contributed by atoms with Gasteiger partial charge in [-0.3, -0.25) is 4.79 Å². The third kappa shape index (κ3) is 4.17. The molecule has 32 heavy (non-hydrogen) atoms. The Balaban J connectivity index is 1.60. The Morgan fingerprint density at radius 1 is 0.625 bits per heavy atom. The highest BCUT2D eigenvalue weighted by Gasteiger charge is 2.56. The molecule has 4 rings (SSSR count). The first-order valence-electron chi connectivity index (χ1n) is 10.2. The van der Waals surface area contributed by atoms with Gasteiger partial charge in [-0.15, -0.1) is 26.3 Å². The Morgan fingerprint density at radius 3 is 1.16 bits per heavy atom. The lowest BCUT2D eigenvalue weighted by molar-refractivity contribution is -0.275. The van der Waals surface area contributed by atoms with Crippen LogP contribution in [0, 0.1) is 0 Å². The molecule has 0 saturated heterocycles. The summed E-state index contributed by atoms with van der Waals surface area (Å²) in [6, 6.07) is 10.8. The van der Waals surface area contributed by atoms with Crippen LogP contribution in [0.5, 0.6) is 11.5 Å². The largest absolute Gasteiger partial charge is 0.573 e. The average Bonchev–Trinajstić information content (AvgIpc) is 2.60. The molecule has 2 aromatic rings. The first kappa shape index (κ1) is 22.5. The molecule has 3 nitrogen and oxygen atoms in total. The van der Waals surface area contributed by atoms with Gasteiger partial charge in [0, 0.05) is 0 Å². The molecule has 9 heteroatoms. The van der Waals surface area contributed by atoms with E-state index in [1.807, 2.05) is 0 Å². The fraction of sp³-hybridized carbons (Fsp3) is 0.435. The highest BCUT2D eigenvalue weighted by molar-refractivity contribution is 6.00. The summed E-state index contributed by atoms with van der Waals surface area (Å²) in [5, 5.41) is 0. The van der Waals surface area contributed by atoms with Crippen LogP contribution in [0.4, 0.5) is 26.3 Å². The molecule has 0 aliphatic heterocycles. The van der Waals surface area contributed by atoms with E-state index in [-0.39, 0.29) is 17.3 Å². The minimum absolute atomic E-state index is 0.0310. The van der Waals surface area contributed by atoms with Crippen molar-refractivity contribution >= 4 is 5.78 Å². The van der Waals surface area contributed by atoms with E-state index >= 15 is 0 Å². The molecule has 2 aliphatic rings. The van der Waals surface area contributed by atoms with E-state index < -0.39 is 23.6 Å². The molecule has 0 bridgehead atoms. The van der Waals surface area contributed by atoms with Crippen molar-refractivity contribution in [1.29, 1.82) is 0 Å². The first-order valence-corrected chi connectivity index (χ1v) is 10.2. The Labute approximate surface area is 180 Å². The number of hydrogen-bond donors (Lipinski definition) is 0. The standard InChI is InChI=1S/C23H20F6O3/c24-22(25,26)31-17-7-3-15(4-8-17)20(11-1-12-20)19(30)21(13-2-14-21)16-5-9-18(10-6-16)32-23(27,28)29/h3-10H,1-2,11-14H2.